The predicted molar refractivity (Wildman–Crippen MR) is 97.5 cm³/mol. The molecule has 132 valence electrons. The molecule has 0 unspecified atom stereocenters. The molecular weight excluding hydrogens is 324 g/mol. The summed E-state index contributed by atoms with van der Waals surface area (Å²) in [6.45, 7) is 4.41. The standard InChI is InChI=1S/C18H27ClN4O/c1-21-9-3-2-4-16(21)6-8-18(24)23-12-10-22(11-13-23)17-7-5-15(19)14-20-17/h5,7,14,16H,2-4,6,8-13H2,1H3/t16-/m1/s1. The van der Waals surface area contributed by atoms with Crippen molar-refractivity contribution in [3.05, 3.63) is 23.4 Å². The Kier molecular flexibility index (Phi) is 5.95. The molecule has 1 aromatic heterocycles. The zero-order chi connectivity index (χ0) is 16.9. The molecule has 0 bridgehead atoms. The molecule has 2 fully saturated rings. The topological polar surface area (TPSA) is 39.7 Å². The lowest BCUT2D eigenvalue weighted by Gasteiger charge is -2.36. The van der Waals surface area contributed by atoms with Crippen molar-refractivity contribution in [2.24, 2.45) is 0 Å². The summed E-state index contributed by atoms with van der Waals surface area (Å²) in [4.78, 5) is 23.5. The molecule has 0 saturated carbocycles. The number of piperazine rings is 1. The number of anilines is 1. The summed E-state index contributed by atoms with van der Waals surface area (Å²) in [7, 11) is 2.19. The zero-order valence-electron chi connectivity index (χ0n) is 14.5. The van der Waals surface area contributed by atoms with E-state index in [4.69, 9.17) is 11.6 Å². The molecule has 2 aliphatic heterocycles. The number of carbonyl (C=O) groups excluding carboxylic acids is 1. The van der Waals surface area contributed by atoms with Crippen LogP contribution in [0.2, 0.25) is 5.02 Å². The Labute approximate surface area is 149 Å². The first kappa shape index (κ1) is 17.5. The minimum Gasteiger partial charge on any atom is -0.353 e. The summed E-state index contributed by atoms with van der Waals surface area (Å²) < 4.78 is 0. The molecule has 2 saturated heterocycles. The average Bonchev–Trinajstić information content (AvgIpc) is 2.62. The van der Waals surface area contributed by atoms with Gasteiger partial charge in [0.2, 0.25) is 5.91 Å². The molecular formula is C18H27ClN4O. The van der Waals surface area contributed by atoms with Crippen LogP contribution in [0, 0.1) is 0 Å². The first-order chi connectivity index (χ1) is 11.6. The normalized spacial score (nSPS) is 22.7. The smallest absolute Gasteiger partial charge is 0.222 e. The molecule has 5 nitrogen and oxygen atoms in total. The number of amides is 1. The molecule has 1 atom stereocenters. The maximum atomic E-state index is 12.5. The highest BCUT2D eigenvalue weighted by atomic mass is 35.5. The van der Waals surface area contributed by atoms with E-state index in [-0.39, 0.29) is 0 Å². The van der Waals surface area contributed by atoms with Gasteiger partial charge in [0.05, 0.1) is 5.02 Å². The van der Waals surface area contributed by atoms with Gasteiger partial charge in [-0.25, -0.2) is 4.98 Å². The van der Waals surface area contributed by atoms with Gasteiger partial charge in [0.25, 0.3) is 0 Å². The number of likely N-dealkylation sites (tertiary alicyclic amines) is 1. The Bertz CT molecular complexity index is 542. The molecule has 0 radical (unpaired) electrons. The van der Waals surface area contributed by atoms with E-state index in [9.17, 15) is 4.79 Å². The number of carbonyl (C=O) groups is 1. The van der Waals surface area contributed by atoms with Crippen LogP contribution in [0.25, 0.3) is 0 Å². The molecule has 24 heavy (non-hydrogen) atoms. The monoisotopic (exact) mass is 350 g/mol. The van der Waals surface area contributed by atoms with E-state index >= 15 is 0 Å². The first-order valence-corrected chi connectivity index (χ1v) is 9.36. The van der Waals surface area contributed by atoms with Gasteiger partial charge >= 0.3 is 0 Å². The van der Waals surface area contributed by atoms with Crippen molar-refractivity contribution in [2.45, 2.75) is 38.1 Å². The summed E-state index contributed by atoms with van der Waals surface area (Å²) in [6, 6.07) is 4.39. The third kappa shape index (κ3) is 4.39. The van der Waals surface area contributed by atoms with Gasteiger partial charge in [-0.05, 0) is 45.0 Å². The number of aromatic nitrogens is 1. The Morgan fingerprint density at radius 3 is 2.67 bits per heavy atom. The van der Waals surface area contributed by atoms with Crippen molar-refractivity contribution >= 4 is 23.3 Å². The lowest BCUT2D eigenvalue weighted by Crippen LogP contribution is -2.49. The first-order valence-electron chi connectivity index (χ1n) is 8.98. The second-order valence-electron chi connectivity index (χ2n) is 6.87. The van der Waals surface area contributed by atoms with Gasteiger partial charge in [0, 0.05) is 44.8 Å². The number of rotatable bonds is 4. The molecule has 6 heteroatoms. The van der Waals surface area contributed by atoms with Crippen LogP contribution in [-0.4, -0.2) is 66.5 Å². The minimum absolute atomic E-state index is 0.303. The maximum absolute atomic E-state index is 12.5. The average molecular weight is 351 g/mol. The molecule has 2 aliphatic rings. The van der Waals surface area contributed by atoms with Crippen molar-refractivity contribution in [3.63, 3.8) is 0 Å². The summed E-state index contributed by atoms with van der Waals surface area (Å²) in [5, 5.41) is 0.653. The van der Waals surface area contributed by atoms with Crippen molar-refractivity contribution in [3.8, 4) is 0 Å². The largest absolute Gasteiger partial charge is 0.353 e. The van der Waals surface area contributed by atoms with Crippen molar-refractivity contribution in [1.82, 2.24) is 14.8 Å². The van der Waals surface area contributed by atoms with E-state index < -0.39 is 0 Å². The maximum Gasteiger partial charge on any atom is 0.222 e. The number of hydrogen-bond donors (Lipinski definition) is 0. The third-order valence-corrected chi connectivity index (χ3v) is 5.50. The van der Waals surface area contributed by atoms with Gasteiger partial charge in [0.1, 0.15) is 5.82 Å². The van der Waals surface area contributed by atoms with Crippen LogP contribution in [0.3, 0.4) is 0 Å². The number of hydrogen-bond acceptors (Lipinski definition) is 4. The summed E-state index contributed by atoms with van der Waals surface area (Å²) in [6.07, 6.45) is 7.18. The van der Waals surface area contributed by atoms with Crippen LogP contribution in [0.15, 0.2) is 18.3 Å². The van der Waals surface area contributed by atoms with Gasteiger partial charge in [-0.1, -0.05) is 18.0 Å². The van der Waals surface area contributed by atoms with Gasteiger partial charge in [-0.3, -0.25) is 4.79 Å². The van der Waals surface area contributed by atoms with Gasteiger partial charge in [0.15, 0.2) is 0 Å². The number of pyridine rings is 1. The van der Waals surface area contributed by atoms with Crippen LogP contribution in [-0.2, 0) is 4.79 Å². The van der Waals surface area contributed by atoms with Crippen LogP contribution < -0.4 is 4.90 Å². The van der Waals surface area contributed by atoms with E-state index in [0.717, 1.165) is 38.4 Å². The lowest BCUT2D eigenvalue weighted by molar-refractivity contribution is -0.131. The summed E-state index contributed by atoms with van der Waals surface area (Å²) >= 11 is 5.89. The van der Waals surface area contributed by atoms with Crippen molar-refractivity contribution in [2.75, 3.05) is 44.7 Å². The second kappa shape index (κ2) is 8.17. The molecule has 1 aromatic rings. The summed E-state index contributed by atoms with van der Waals surface area (Å²) in [5.41, 5.74) is 0. The molecule has 1 amide bonds. The Morgan fingerprint density at radius 1 is 1.21 bits per heavy atom. The molecule has 0 spiro atoms. The molecule has 3 heterocycles. The highest BCUT2D eigenvalue weighted by molar-refractivity contribution is 6.30. The Morgan fingerprint density at radius 2 is 2.00 bits per heavy atom. The quantitative estimate of drug-likeness (QED) is 0.837. The fourth-order valence-corrected chi connectivity index (χ4v) is 3.81. The SMILES string of the molecule is CN1CCCC[C@@H]1CCC(=O)N1CCN(c2ccc(Cl)cn2)CC1. The van der Waals surface area contributed by atoms with E-state index in [1.165, 1.54) is 25.8 Å². The molecule has 0 N–H and O–H groups in total. The molecule has 0 aromatic carbocycles. The van der Waals surface area contributed by atoms with Crippen LogP contribution in [0.4, 0.5) is 5.82 Å². The second-order valence-corrected chi connectivity index (χ2v) is 7.31. The van der Waals surface area contributed by atoms with Gasteiger partial charge < -0.3 is 14.7 Å². The fourth-order valence-electron chi connectivity index (χ4n) is 3.70. The highest BCUT2D eigenvalue weighted by Crippen LogP contribution is 2.20. The summed E-state index contributed by atoms with van der Waals surface area (Å²) in [5.74, 6) is 1.24. The molecule has 0 aliphatic carbocycles. The van der Waals surface area contributed by atoms with E-state index in [1.807, 2.05) is 17.0 Å². The van der Waals surface area contributed by atoms with E-state index in [1.54, 1.807) is 6.20 Å². The van der Waals surface area contributed by atoms with Crippen LogP contribution in [0.1, 0.15) is 32.1 Å². The third-order valence-electron chi connectivity index (χ3n) is 5.28. The number of halogens is 1. The molecule has 3 rings (SSSR count). The van der Waals surface area contributed by atoms with Crippen molar-refractivity contribution < 1.29 is 4.79 Å². The Balaban J connectivity index is 1.44. The van der Waals surface area contributed by atoms with Crippen LogP contribution in [0.5, 0.6) is 0 Å². The van der Waals surface area contributed by atoms with Gasteiger partial charge in [-0.2, -0.15) is 0 Å². The number of piperidine rings is 1. The highest BCUT2D eigenvalue weighted by Gasteiger charge is 2.24. The van der Waals surface area contributed by atoms with Gasteiger partial charge in [-0.15, -0.1) is 0 Å². The Hall–Kier alpha value is -1.33. The predicted octanol–water partition coefficient (Wildman–Crippen LogP) is 2.65. The fraction of sp³-hybridized carbons (Fsp3) is 0.667. The van der Waals surface area contributed by atoms with Crippen molar-refractivity contribution in [1.29, 1.82) is 0 Å². The van der Waals surface area contributed by atoms with E-state index in [2.05, 4.69) is 21.8 Å². The lowest BCUT2D eigenvalue weighted by atomic mass is 9.98. The van der Waals surface area contributed by atoms with E-state index in [0.29, 0.717) is 23.4 Å². The van der Waals surface area contributed by atoms with Crippen LogP contribution >= 0.6 is 11.6 Å². The zero-order valence-corrected chi connectivity index (χ0v) is 15.2. The number of nitrogens with zero attached hydrogens (tertiary/aromatic N) is 4. The minimum atomic E-state index is 0.303.